The fourth-order valence-corrected chi connectivity index (χ4v) is 4.14. The predicted molar refractivity (Wildman–Crippen MR) is 95.2 cm³/mol. The highest BCUT2D eigenvalue weighted by atomic mass is 16.2. The van der Waals surface area contributed by atoms with E-state index >= 15 is 0 Å². The second kappa shape index (κ2) is 6.03. The summed E-state index contributed by atoms with van der Waals surface area (Å²) in [5.41, 5.74) is 3.71. The van der Waals surface area contributed by atoms with Crippen molar-refractivity contribution < 1.29 is 4.79 Å². The number of benzene rings is 1. The number of hydrogen-bond acceptors (Lipinski definition) is 3. The van der Waals surface area contributed by atoms with Crippen LogP contribution in [0.25, 0.3) is 0 Å². The largest absolute Gasteiger partial charge is 0.335 e. The summed E-state index contributed by atoms with van der Waals surface area (Å²) in [7, 11) is 0. The van der Waals surface area contributed by atoms with Crippen molar-refractivity contribution in [3.8, 4) is 6.07 Å². The molecular formula is C20H22N4O. The van der Waals surface area contributed by atoms with Crippen LogP contribution < -0.4 is 4.90 Å². The number of carbonyl (C=O) groups is 1. The summed E-state index contributed by atoms with van der Waals surface area (Å²) in [4.78, 5) is 19.9. The number of fused-ring (bicyclic) bond motifs is 2. The maximum atomic E-state index is 13.3. The number of carbonyl (C=O) groups excluding carboxylic acids is 1. The van der Waals surface area contributed by atoms with Crippen molar-refractivity contribution in [1.82, 2.24) is 9.55 Å². The lowest BCUT2D eigenvalue weighted by Crippen LogP contribution is -2.42. The first-order valence-corrected chi connectivity index (χ1v) is 9.02. The Morgan fingerprint density at radius 3 is 3.00 bits per heavy atom. The number of hydrogen-bond donors (Lipinski definition) is 0. The first-order chi connectivity index (χ1) is 12.1. The lowest BCUT2D eigenvalue weighted by molar-refractivity contribution is -0.123. The molecular weight excluding hydrogens is 312 g/mol. The molecule has 0 saturated heterocycles. The lowest BCUT2D eigenvalue weighted by Gasteiger charge is -2.30. The van der Waals surface area contributed by atoms with Crippen LogP contribution in [0.2, 0.25) is 0 Å². The summed E-state index contributed by atoms with van der Waals surface area (Å²) >= 11 is 0. The zero-order valence-corrected chi connectivity index (χ0v) is 14.7. The molecule has 0 bridgehead atoms. The first kappa shape index (κ1) is 15.9. The lowest BCUT2D eigenvalue weighted by atomic mass is 9.95. The molecule has 3 heterocycles. The number of aryl methyl sites for hydroxylation is 2. The van der Waals surface area contributed by atoms with Crippen molar-refractivity contribution in [3.05, 3.63) is 47.0 Å². The van der Waals surface area contributed by atoms with E-state index in [4.69, 9.17) is 0 Å². The zero-order chi connectivity index (χ0) is 17.6. The maximum Gasteiger partial charge on any atom is 0.230 e. The van der Waals surface area contributed by atoms with Crippen LogP contribution in [-0.4, -0.2) is 21.5 Å². The highest BCUT2D eigenvalue weighted by Crippen LogP contribution is 2.36. The van der Waals surface area contributed by atoms with E-state index in [-0.39, 0.29) is 17.9 Å². The Morgan fingerprint density at radius 1 is 1.40 bits per heavy atom. The van der Waals surface area contributed by atoms with Gasteiger partial charge in [-0.25, -0.2) is 4.98 Å². The van der Waals surface area contributed by atoms with Crippen LogP contribution in [0.3, 0.4) is 0 Å². The number of anilines is 1. The molecule has 2 aliphatic heterocycles. The molecule has 0 N–H and O–H groups in total. The molecule has 2 aliphatic rings. The molecule has 4 rings (SSSR count). The van der Waals surface area contributed by atoms with Crippen LogP contribution in [0.4, 0.5) is 5.69 Å². The monoisotopic (exact) mass is 334 g/mol. The third-order valence-corrected chi connectivity index (χ3v) is 5.48. The Balaban J connectivity index is 1.61. The molecule has 1 aromatic heterocycles. The Hall–Kier alpha value is -2.61. The summed E-state index contributed by atoms with van der Waals surface area (Å²) in [6, 6.07) is 8.04. The van der Waals surface area contributed by atoms with E-state index in [0.717, 1.165) is 48.6 Å². The van der Waals surface area contributed by atoms with E-state index in [1.54, 1.807) is 0 Å². The van der Waals surface area contributed by atoms with Gasteiger partial charge in [-0.1, -0.05) is 13.0 Å². The van der Waals surface area contributed by atoms with Gasteiger partial charge in [-0.2, -0.15) is 5.26 Å². The summed E-state index contributed by atoms with van der Waals surface area (Å²) in [6.07, 6.45) is 5.35. The van der Waals surface area contributed by atoms with E-state index in [0.29, 0.717) is 12.0 Å². The maximum absolute atomic E-state index is 13.3. The van der Waals surface area contributed by atoms with E-state index in [9.17, 15) is 10.1 Å². The second-order valence-corrected chi connectivity index (χ2v) is 7.06. The molecule has 1 amide bonds. The van der Waals surface area contributed by atoms with E-state index in [1.165, 1.54) is 0 Å². The van der Waals surface area contributed by atoms with Gasteiger partial charge in [-0.3, -0.25) is 4.79 Å². The molecule has 1 aromatic carbocycles. The molecule has 0 spiro atoms. The third kappa shape index (κ3) is 2.53. The molecule has 5 heteroatoms. The number of rotatable bonds is 2. The Kier molecular flexibility index (Phi) is 3.84. The molecule has 0 aliphatic carbocycles. The van der Waals surface area contributed by atoms with Gasteiger partial charge >= 0.3 is 0 Å². The van der Waals surface area contributed by atoms with Crippen molar-refractivity contribution in [2.45, 2.75) is 52.1 Å². The predicted octanol–water partition coefficient (Wildman–Crippen LogP) is 2.86. The molecule has 5 nitrogen and oxygen atoms in total. The molecule has 2 aromatic rings. The SMILES string of the molecule is CCc1cn2c(n1)CC(C(=O)N1c3cccc(C#N)c3CC1C)CC2. The number of nitrogens with zero attached hydrogens (tertiary/aromatic N) is 4. The molecule has 25 heavy (non-hydrogen) atoms. The number of aromatic nitrogens is 2. The third-order valence-electron chi connectivity index (χ3n) is 5.48. The average molecular weight is 334 g/mol. The van der Waals surface area contributed by atoms with Gasteiger partial charge in [0, 0.05) is 36.8 Å². The summed E-state index contributed by atoms with van der Waals surface area (Å²) in [5.74, 6) is 1.17. The smallest absolute Gasteiger partial charge is 0.230 e. The number of nitriles is 1. The van der Waals surface area contributed by atoms with Gasteiger partial charge in [0.1, 0.15) is 5.82 Å². The Labute approximate surface area is 147 Å². The summed E-state index contributed by atoms with van der Waals surface area (Å²) in [6.45, 7) is 5.02. The van der Waals surface area contributed by atoms with Crippen molar-refractivity contribution >= 4 is 11.6 Å². The van der Waals surface area contributed by atoms with E-state index < -0.39 is 0 Å². The second-order valence-electron chi connectivity index (χ2n) is 7.06. The van der Waals surface area contributed by atoms with Gasteiger partial charge in [0.25, 0.3) is 0 Å². The van der Waals surface area contributed by atoms with Gasteiger partial charge < -0.3 is 9.47 Å². The van der Waals surface area contributed by atoms with Crippen molar-refractivity contribution in [2.75, 3.05) is 4.90 Å². The molecule has 128 valence electrons. The van der Waals surface area contributed by atoms with Gasteiger partial charge in [-0.15, -0.1) is 0 Å². The van der Waals surface area contributed by atoms with Gasteiger partial charge in [0.05, 0.1) is 17.3 Å². The van der Waals surface area contributed by atoms with Crippen LogP contribution in [0.15, 0.2) is 24.4 Å². The van der Waals surface area contributed by atoms with Crippen molar-refractivity contribution in [1.29, 1.82) is 5.26 Å². The quantitative estimate of drug-likeness (QED) is 0.848. The topological polar surface area (TPSA) is 61.9 Å². The van der Waals surface area contributed by atoms with E-state index in [2.05, 4.69) is 35.7 Å². The zero-order valence-electron chi connectivity index (χ0n) is 14.7. The molecule has 2 atom stereocenters. The summed E-state index contributed by atoms with van der Waals surface area (Å²) in [5, 5.41) is 9.33. The standard InChI is InChI=1S/C20H22N4O/c1-3-16-12-23-8-7-14(10-19(23)22-16)20(25)24-13(2)9-17-15(11-21)5-4-6-18(17)24/h4-6,12-14H,3,7-10H2,1-2H3. The molecule has 0 radical (unpaired) electrons. The molecule has 0 fully saturated rings. The highest BCUT2D eigenvalue weighted by Gasteiger charge is 2.37. The molecule has 2 unspecified atom stereocenters. The van der Waals surface area contributed by atoms with Crippen molar-refractivity contribution in [2.24, 2.45) is 5.92 Å². The first-order valence-electron chi connectivity index (χ1n) is 9.02. The number of imidazole rings is 1. The minimum Gasteiger partial charge on any atom is -0.335 e. The van der Waals surface area contributed by atoms with Gasteiger partial charge in [0.2, 0.25) is 5.91 Å². The fourth-order valence-electron chi connectivity index (χ4n) is 4.14. The van der Waals surface area contributed by atoms with Crippen LogP contribution >= 0.6 is 0 Å². The summed E-state index contributed by atoms with van der Waals surface area (Å²) < 4.78 is 2.19. The normalized spacial score (nSPS) is 21.6. The van der Waals surface area contributed by atoms with Gasteiger partial charge in [0.15, 0.2) is 0 Å². The van der Waals surface area contributed by atoms with Gasteiger partial charge in [-0.05, 0) is 43.9 Å². The molecule has 0 saturated carbocycles. The minimum atomic E-state index is -0.0289. The van der Waals surface area contributed by atoms with Crippen LogP contribution in [0.5, 0.6) is 0 Å². The fraction of sp³-hybridized carbons (Fsp3) is 0.450. The number of amides is 1. The van der Waals surface area contributed by atoms with Crippen LogP contribution in [-0.2, 0) is 30.6 Å². The Morgan fingerprint density at radius 2 is 2.24 bits per heavy atom. The highest BCUT2D eigenvalue weighted by molar-refractivity contribution is 5.98. The minimum absolute atomic E-state index is 0.0289. The van der Waals surface area contributed by atoms with Crippen molar-refractivity contribution in [3.63, 3.8) is 0 Å². The van der Waals surface area contributed by atoms with Crippen LogP contribution in [0.1, 0.15) is 42.9 Å². The average Bonchev–Trinajstić information content (AvgIpc) is 3.19. The Bertz CT molecular complexity index is 876. The van der Waals surface area contributed by atoms with Crippen LogP contribution in [0, 0.1) is 17.2 Å². The van der Waals surface area contributed by atoms with E-state index in [1.807, 2.05) is 23.1 Å².